The van der Waals surface area contributed by atoms with Crippen LogP contribution in [0.4, 0.5) is 5.69 Å². The molecular formula is C21H20N6O3. The number of aromatic nitrogens is 4. The van der Waals surface area contributed by atoms with E-state index in [1.54, 1.807) is 17.3 Å². The van der Waals surface area contributed by atoms with E-state index in [4.69, 9.17) is 4.42 Å². The van der Waals surface area contributed by atoms with Gasteiger partial charge < -0.3 is 14.6 Å². The number of nitrogens with zero attached hydrogens (tertiary/aromatic N) is 5. The van der Waals surface area contributed by atoms with Gasteiger partial charge in [-0.25, -0.2) is 4.98 Å². The second-order valence-electron chi connectivity index (χ2n) is 7.65. The molecular weight excluding hydrogens is 384 g/mol. The predicted molar refractivity (Wildman–Crippen MR) is 106 cm³/mol. The summed E-state index contributed by atoms with van der Waals surface area (Å²) in [5.41, 5.74) is 2.91. The van der Waals surface area contributed by atoms with E-state index in [0.29, 0.717) is 36.3 Å². The van der Waals surface area contributed by atoms with Gasteiger partial charge >= 0.3 is 0 Å². The van der Waals surface area contributed by atoms with Gasteiger partial charge in [0, 0.05) is 31.4 Å². The summed E-state index contributed by atoms with van der Waals surface area (Å²) in [6.07, 6.45) is 4.14. The SMILES string of the molecule is Cc1cnc(-c2nnc([C@H]3CCN(C(=O)[C@H]4CC(=O)Nc5ccccc54)C3)o2)cn1. The molecule has 1 fully saturated rings. The molecule has 9 heteroatoms. The summed E-state index contributed by atoms with van der Waals surface area (Å²) in [5, 5.41) is 11.1. The normalized spacial score (nSPS) is 20.7. The Labute approximate surface area is 172 Å². The number of carbonyl (C=O) groups excluding carboxylic acids is 2. The van der Waals surface area contributed by atoms with Crippen molar-refractivity contribution in [3.8, 4) is 11.6 Å². The average Bonchev–Trinajstić information content (AvgIpc) is 3.43. The zero-order valence-electron chi connectivity index (χ0n) is 16.4. The van der Waals surface area contributed by atoms with Gasteiger partial charge in [0.25, 0.3) is 5.89 Å². The van der Waals surface area contributed by atoms with Crippen molar-refractivity contribution in [1.29, 1.82) is 0 Å². The lowest BCUT2D eigenvalue weighted by Gasteiger charge is -2.28. The Bertz CT molecular complexity index is 1110. The van der Waals surface area contributed by atoms with Crippen LogP contribution in [0.5, 0.6) is 0 Å². The molecule has 0 saturated carbocycles. The molecule has 152 valence electrons. The van der Waals surface area contributed by atoms with Crippen LogP contribution < -0.4 is 5.32 Å². The van der Waals surface area contributed by atoms with Gasteiger partial charge in [0.05, 0.1) is 23.7 Å². The van der Waals surface area contributed by atoms with Gasteiger partial charge in [-0.15, -0.1) is 10.2 Å². The number of hydrogen-bond donors (Lipinski definition) is 1. The van der Waals surface area contributed by atoms with Crippen molar-refractivity contribution < 1.29 is 14.0 Å². The van der Waals surface area contributed by atoms with Crippen molar-refractivity contribution in [2.75, 3.05) is 18.4 Å². The first-order chi connectivity index (χ1) is 14.6. The number of carbonyl (C=O) groups is 2. The fourth-order valence-corrected chi connectivity index (χ4v) is 4.02. The first kappa shape index (κ1) is 18.4. The molecule has 5 rings (SSSR count). The minimum atomic E-state index is -0.463. The smallest absolute Gasteiger partial charge is 0.267 e. The second-order valence-corrected chi connectivity index (χ2v) is 7.65. The van der Waals surface area contributed by atoms with E-state index in [2.05, 4.69) is 25.5 Å². The van der Waals surface area contributed by atoms with E-state index < -0.39 is 5.92 Å². The molecule has 30 heavy (non-hydrogen) atoms. The van der Waals surface area contributed by atoms with Gasteiger partial charge in [0.1, 0.15) is 5.69 Å². The van der Waals surface area contributed by atoms with Crippen molar-refractivity contribution in [3.05, 3.63) is 53.8 Å². The summed E-state index contributed by atoms with van der Waals surface area (Å²) in [7, 11) is 0. The van der Waals surface area contributed by atoms with Gasteiger partial charge in [-0.3, -0.25) is 14.6 Å². The molecule has 1 aromatic carbocycles. The van der Waals surface area contributed by atoms with E-state index in [-0.39, 0.29) is 24.2 Å². The number of aryl methyl sites for hydroxylation is 1. The molecule has 1 N–H and O–H groups in total. The standard InChI is InChI=1S/C21H20N6O3/c1-12-9-23-17(10-22-12)20-26-25-19(30-20)13-6-7-27(11-13)21(29)15-8-18(28)24-16-5-3-2-4-14(15)16/h2-5,9-10,13,15H,6-8,11H2,1H3,(H,24,28)/t13-,15-/m0/s1. The van der Waals surface area contributed by atoms with Crippen molar-refractivity contribution in [1.82, 2.24) is 25.1 Å². The summed E-state index contributed by atoms with van der Waals surface area (Å²) in [5.74, 6) is 0.133. The van der Waals surface area contributed by atoms with Gasteiger partial charge in [-0.05, 0) is 25.0 Å². The summed E-state index contributed by atoms with van der Waals surface area (Å²) in [4.78, 5) is 35.5. The molecule has 2 aromatic heterocycles. The number of rotatable bonds is 3. The third kappa shape index (κ3) is 3.32. The Morgan fingerprint density at radius 2 is 2.07 bits per heavy atom. The van der Waals surface area contributed by atoms with E-state index in [1.807, 2.05) is 31.2 Å². The van der Waals surface area contributed by atoms with Crippen molar-refractivity contribution in [2.24, 2.45) is 0 Å². The maximum atomic E-state index is 13.2. The molecule has 2 aliphatic rings. The number of hydrogen-bond acceptors (Lipinski definition) is 7. The first-order valence-electron chi connectivity index (χ1n) is 9.88. The average molecular weight is 404 g/mol. The van der Waals surface area contributed by atoms with Gasteiger partial charge in [-0.2, -0.15) is 0 Å². The van der Waals surface area contributed by atoms with Crippen molar-refractivity contribution in [3.63, 3.8) is 0 Å². The minimum Gasteiger partial charge on any atom is -0.419 e. The largest absolute Gasteiger partial charge is 0.419 e. The third-order valence-electron chi connectivity index (χ3n) is 5.59. The highest BCUT2D eigenvalue weighted by Crippen LogP contribution is 2.36. The molecule has 2 amide bonds. The highest BCUT2D eigenvalue weighted by Gasteiger charge is 2.37. The fourth-order valence-electron chi connectivity index (χ4n) is 4.02. The lowest BCUT2D eigenvalue weighted by molar-refractivity contribution is -0.134. The number of fused-ring (bicyclic) bond motifs is 1. The summed E-state index contributed by atoms with van der Waals surface area (Å²) < 4.78 is 5.81. The Morgan fingerprint density at radius 3 is 2.90 bits per heavy atom. The fraction of sp³-hybridized carbons (Fsp3) is 0.333. The summed E-state index contributed by atoms with van der Waals surface area (Å²) in [6, 6.07) is 7.46. The van der Waals surface area contributed by atoms with Crippen LogP contribution >= 0.6 is 0 Å². The number of likely N-dealkylation sites (tertiary alicyclic amines) is 1. The van der Waals surface area contributed by atoms with Gasteiger partial charge in [-0.1, -0.05) is 18.2 Å². The number of benzene rings is 1. The molecule has 0 bridgehead atoms. The van der Waals surface area contributed by atoms with Crippen LogP contribution in [-0.2, 0) is 9.59 Å². The van der Waals surface area contributed by atoms with Crippen LogP contribution in [0.15, 0.2) is 41.1 Å². The Morgan fingerprint density at radius 1 is 1.20 bits per heavy atom. The van der Waals surface area contributed by atoms with E-state index in [1.165, 1.54) is 0 Å². The predicted octanol–water partition coefficient (Wildman–Crippen LogP) is 2.28. The zero-order chi connectivity index (χ0) is 20.7. The number of amides is 2. The summed E-state index contributed by atoms with van der Waals surface area (Å²) >= 11 is 0. The topological polar surface area (TPSA) is 114 Å². The molecule has 2 aliphatic heterocycles. The van der Waals surface area contributed by atoms with Gasteiger partial charge in [0.15, 0.2) is 0 Å². The van der Waals surface area contributed by atoms with Crippen LogP contribution in [0.1, 0.15) is 41.8 Å². The van der Waals surface area contributed by atoms with Gasteiger partial charge in [0.2, 0.25) is 17.7 Å². The molecule has 0 spiro atoms. The molecule has 0 radical (unpaired) electrons. The zero-order valence-corrected chi connectivity index (χ0v) is 16.4. The van der Waals surface area contributed by atoms with Crippen LogP contribution in [-0.4, -0.2) is 50.0 Å². The van der Waals surface area contributed by atoms with Crippen LogP contribution in [0.25, 0.3) is 11.6 Å². The minimum absolute atomic E-state index is 0.0380. The highest BCUT2D eigenvalue weighted by molar-refractivity contribution is 6.01. The van der Waals surface area contributed by atoms with Crippen LogP contribution in [0.3, 0.4) is 0 Å². The molecule has 0 aliphatic carbocycles. The number of nitrogens with one attached hydrogen (secondary N) is 1. The second kappa shape index (κ2) is 7.33. The van der Waals surface area contributed by atoms with E-state index in [0.717, 1.165) is 17.7 Å². The third-order valence-corrected chi connectivity index (χ3v) is 5.59. The maximum absolute atomic E-state index is 13.2. The molecule has 9 nitrogen and oxygen atoms in total. The highest BCUT2D eigenvalue weighted by atomic mass is 16.4. The Hall–Kier alpha value is -3.62. The van der Waals surface area contributed by atoms with E-state index in [9.17, 15) is 9.59 Å². The molecule has 1 saturated heterocycles. The lowest BCUT2D eigenvalue weighted by Crippen LogP contribution is -2.37. The molecule has 3 aromatic rings. The van der Waals surface area contributed by atoms with Crippen LogP contribution in [0, 0.1) is 6.92 Å². The van der Waals surface area contributed by atoms with Crippen LogP contribution in [0.2, 0.25) is 0 Å². The monoisotopic (exact) mass is 404 g/mol. The summed E-state index contributed by atoms with van der Waals surface area (Å²) in [6.45, 7) is 2.93. The maximum Gasteiger partial charge on any atom is 0.267 e. The molecule has 2 atom stereocenters. The number of para-hydroxylation sites is 1. The lowest BCUT2D eigenvalue weighted by atomic mass is 9.89. The van der Waals surface area contributed by atoms with Crippen molar-refractivity contribution >= 4 is 17.5 Å². The number of anilines is 1. The Kier molecular flexibility index (Phi) is 4.50. The molecule has 4 heterocycles. The van der Waals surface area contributed by atoms with E-state index >= 15 is 0 Å². The Balaban J connectivity index is 1.31. The first-order valence-corrected chi connectivity index (χ1v) is 9.88. The molecule has 0 unspecified atom stereocenters. The quantitative estimate of drug-likeness (QED) is 0.712. The van der Waals surface area contributed by atoms with Crippen molar-refractivity contribution in [2.45, 2.75) is 31.6 Å².